The monoisotopic (exact) mass is 387 g/mol. The van der Waals surface area contributed by atoms with E-state index in [1.54, 1.807) is 0 Å². The summed E-state index contributed by atoms with van der Waals surface area (Å²) in [6.07, 6.45) is 7.01. The van der Waals surface area contributed by atoms with Crippen molar-refractivity contribution in [2.75, 3.05) is 13.1 Å². The number of nitrogens with zero attached hydrogens (tertiary/aromatic N) is 2. The van der Waals surface area contributed by atoms with Crippen LogP contribution in [0.3, 0.4) is 0 Å². The Morgan fingerprint density at radius 2 is 2.00 bits per heavy atom. The van der Waals surface area contributed by atoms with Crippen LogP contribution in [0, 0.1) is 12.8 Å². The SMILES string of the molecule is Cc1cn(C2CN(Cc3ccccc3)CCC2C)c2c(c[nH+]c3[nH]ccc32)c1=O. The lowest BCUT2D eigenvalue weighted by Gasteiger charge is -2.39. The number of hydrogen-bond acceptors (Lipinski definition) is 2. The lowest BCUT2D eigenvalue weighted by molar-refractivity contribution is -0.345. The van der Waals surface area contributed by atoms with Crippen LogP contribution in [-0.4, -0.2) is 27.5 Å². The van der Waals surface area contributed by atoms with Crippen molar-refractivity contribution >= 4 is 21.9 Å². The van der Waals surface area contributed by atoms with E-state index in [0.29, 0.717) is 12.0 Å². The molecular formula is C24H27N4O+. The number of pyridine rings is 2. The van der Waals surface area contributed by atoms with E-state index < -0.39 is 0 Å². The molecule has 1 aliphatic heterocycles. The Labute approximate surface area is 170 Å². The number of piperidine rings is 1. The fourth-order valence-corrected chi connectivity index (χ4v) is 4.76. The quantitative estimate of drug-likeness (QED) is 0.583. The summed E-state index contributed by atoms with van der Waals surface area (Å²) in [6, 6.07) is 13.1. The van der Waals surface area contributed by atoms with Gasteiger partial charge in [-0.05, 0) is 37.4 Å². The molecule has 0 bridgehead atoms. The molecule has 2 unspecified atom stereocenters. The Hall–Kier alpha value is -2.92. The largest absolute Gasteiger partial charge is 0.342 e. The molecule has 1 saturated heterocycles. The summed E-state index contributed by atoms with van der Waals surface area (Å²) in [5.41, 5.74) is 4.26. The molecule has 3 aromatic heterocycles. The van der Waals surface area contributed by atoms with Gasteiger partial charge in [-0.15, -0.1) is 0 Å². The Kier molecular flexibility index (Phi) is 4.47. The fourth-order valence-electron chi connectivity index (χ4n) is 4.76. The van der Waals surface area contributed by atoms with Gasteiger partial charge in [0, 0.05) is 30.9 Å². The van der Waals surface area contributed by atoms with E-state index in [4.69, 9.17) is 0 Å². The predicted octanol–water partition coefficient (Wildman–Crippen LogP) is 3.69. The average molecular weight is 388 g/mol. The number of aromatic nitrogens is 3. The maximum Gasteiger partial charge on any atom is 0.286 e. The van der Waals surface area contributed by atoms with Gasteiger partial charge in [-0.1, -0.05) is 37.3 Å². The van der Waals surface area contributed by atoms with Crippen LogP contribution in [0.15, 0.2) is 59.8 Å². The first-order chi connectivity index (χ1) is 14.1. The lowest BCUT2D eigenvalue weighted by atomic mass is 9.92. The van der Waals surface area contributed by atoms with Gasteiger partial charge in [0.1, 0.15) is 6.20 Å². The molecule has 2 N–H and O–H groups in total. The van der Waals surface area contributed by atoms with E-state index in [1.165, 1.54) is 5.56 Å². The summed E-state index contributed by atoms with van der Waals surface area (Å²) in [5, 5.41) is 1.84. The Balaban J connectivity index is 1.61. The average Bonchev–Trinajstić information content (AvgIpc) is 3.22. The first-order valence-corrected chi connectivity index (χ1v) is 10.4. The van der Waals surface area contributed by atoms with Crippen molar-refractivity contribution in [2.45, 2.75) is 32.9 Å². The standard InChI is InChI=1S/C24H26N4O/c1-16-9-11-27(14-18-6-4-3-5-7-18)15-21(16)28-13-17(2)23(29)20-12-26-24-19(22(20)28)8-10-25-24/h3-8,10,12-13,16,21H,9,11,14-15H2,1-2H3,(H,25,26)/p+1. The van der Waals surface area contributed by atoms with Crippen LogP contribution < -0.4 is 10.4 Å². The second kappa shape index (κ2) is 7.16. The van der Waals surface area contributed by atoms with Gasteiger partial charge in [0.15, 0.2) is 5.43 Å². The molecule has 5 rings (SSSR count). The van der Waals surface area contributed by atoms with E-state index in [-0.39, 0.29) is 5.43 Å². The third-order valence-corrected chi connectivity index (χ3v) is 6.42. The van der Waals surface area contributed by atoms with Gasteiger partial charge in [-0.3, -0.25) is 9.69 Å². The molecule has 1 aromatic carbocycles. The van der Waals surface area contributed by atoms with Crippen LogP contribution in [0.25, 0.3) is 21.9 Å². The van der Waals surface area contributed by atoms with Crippen LogP contribution >= 0.6 is 0 Å². The summed E-state index contributed by atoms with van der Waals surface area (Å²) in [7, 11) is 0. The first kappa shape index (κ1) is 18.1. The molecule has 148 valence electrons. The van der Waals surface area contributed by atoms with E-state index in [9.17, 15) is 4.79 Å². The number of hydrogen-bond donors (Lipinski definition) is 1. The molecule has 5 nitrogen and oxygen atoms in total. The smallest absolute Gasteiger partial charge is 0.286 e. The second-order valence-corrected chi connectivity index (χ2v) is 8.42. The maximum atomic E-state index is 12.9. The van der Waals surface area contributed by atoms with Crippen LogP contribution in [-0.2, 0) is 6.54 Å². The zero-order valence-corrected chi connectivity index (χ0v) is 17.0. The number of H-pyrrole nitrogens is 2. The minimum Gasteiger partial charge on any atom is -0.342 e. The number of aromatic amines is 2. The minimum atomic E-state index is 0.111. The van der Waals surface area contributed by atoms with Crippen LogP contribution in [0.5, 0.6) is 0 Å². The van der Waals surface area contributed by atoms with Gasteiger partial charge in [0.05, 0.1) is 22.5 Å². The molecule has 1 aliphatic rings. The van der Waals surface area contributed by atoms with Crippen LogP contribution in [0.1, 0.15) is 30.5 Å². The van der Waals surface area contributed by atoms with Gasteiger partial charge in [-0.2, -0.15) is 0 Å². The highest BCUT2D eigenvalue weighted by molar-refractivity contribution is 6.00. The Morgan fingerprint density at radius 1 is 1.17 bits per heavy atom. The van der Waals surface area contributed by atoms with Crippen LogP contribution in [0.2, 0.25) is 0 Å². The summed E-state index contributed by atoms with van der Waals surface area (Å²) in [4.78, 5) is 21.9. The third-order valence-electron chi connectivity index (χ3n) is 6.42. The first-order valence-electron chi connectivity index (χ1n) is 10.4. The van der Waals surface area contributed by atoms with E-state index in [0.717, 1.165) is 53.6 Å². The summed E-state index contributed by atoms with van der Waals surface area (Å²) >= 11 is 0. The third kappa shape index (κ3) is 3.15. The molecule has 1 fully saturated rings. The normalized spacial score (nSPS) is 20.5. The van der Waals surface area contributed by atoms with Crippen molar-refractivity contribution in [1.29, 1.82) is 0 Å². The van der Waals surface area contributed by atoms with Gasteiger partial charge >= 0.3 is 0 Å². The van der Waals surface area contributed by atoms with Crippen molar-refractivity contribution < 1.29 is 4.98 Å². The number of benzene rings is 1. The zero-order valence-electron chi connectivity index (χ0n) is 17.0. The Morgan fingerprint density at radius 3 is 2.83 bits per heavy atom. The zero-order chi connectivity index (χ0) is 20.0. The Bertz CT molecular complexity index is 1220. The van der Waals surface area contributed by atoms with Gasteiger partial charge < -0.3 is 4.57 Å². The van der Waals surface area contributed by atoms with Crippen molar-refractivity contribution in [3.8, 4) is 0 Å². The number of nitrogens with one attached hydrogen (secondary N) is 2. The van der Waals surface area contributed by atoms with Crippen molar-refractivity contribution in [3.05, 3.63) is 76.3 Å². The molecule has 0 amide bonds. The van der Waals surface area contributed by atoms with Crippen molar-refractivity contribution in [3.63, 3.8) is 0 Å². The second-order valence-electron chi connectivity index (χ2n) is 8.42. The van der Waals surface area contributed by atoms with Gasteiger partial charge in [-0.25, -0.2) is 9.97 Å². The van der Waals surface area contributed by atoms with Gasteiger partial charge in [0.25, 0.3) is 5.65 Å². The van der Waals surface area contributed by atoms with E-state index in [1.807, 2.05) is 19.3 Å². The van der Waals surface area contributed by atoms with Crippen molar-refractivity contribution in [2.24, 2.45) is 5.92 Å². The van der Waals surface area contributed by atoms with E-state index in [2.05, 4.69) is 69.0 Å². The maximum absolute atomic E-state index is 12.9. The van der Waals surface area contributed by atoms with Crippen molar-refractivity contribution in [1.82, 2.24) is 14.5 Å². The molecule has 2 atom stereocenters. The molecule has 4 aromatic rings. The molecule has 4 heterocycles. The molecule has 5 heteroatoms. The van der Waals surface area contributed by atoms with Gasteiger partial charge in [0.2, 0.25) is 0 Å². The molecule has 0 saturated carbocycles. The minimum absolute atomic E-state index is 0.111. The predicted molar refractivity (Wildman–Crippen MR) is 116 cm³/mol. The highest BCUT2D eigenvalue weighted by Gasteiger charge is 2.29. The lowest BCUT2D eigenvalue weighted by Crippen LogP contribution is -2.40. The number of fused-ring (bicyclic) bond motifs is 3. The summed E-state index contributed by atoms with van der Waals surface area (Å²) in [6.45, 7) is 7.32. The number of rotatable bonds is 3. The van der Waals surface area contributed by atoms with Crippen LogP contribution in [0.4, 0.5) is 0 Å². The molecule has 0 radical (unpaired) electrons. The summed E-state index contributed by atoms with van der Waals surface area (Å²) in [5.74, 6) is 0.547. The highest BCUT2D eigenvalue weighted by Crippen LogP contribution is 2.32. The molecular weight excluding hydrogens is 360 g/mol. The highest BCUT2D eigenvalue weighted by atomic mass is 16.1. The molecule has 29 heavy (non-hydrogen) atoms. The fraction of sp³-hybridized carbons (Fsp3) is 0.333. The number of likely N-dealkylation sites (tertiary alicyclic amines) is 1. The molecule has 0 aliphatic carbocycles. The molecule has 0 spiro atoms. The summed E-state index contributed by atoms with van der Waals surface area (Å²) < 4.78 is 2.37. The topological polar surface area (TPSA) is 55.2 Å². The number of aryl methyl sites for hydroxylation is 1. The van der Waals surface area contributed by atoms with E-state index >= 15 is 0 Å².